The Morgan fingerprint density at radius 1 is 1.10 bits per heavy atom. The van der Waals surface area contributed by atoms with Crippen molar-refractivity contribution in [1.29, 1.82) is 0 Å². The van der Waals surface area contributed by atoms with E-state index >= 15 is 0 Å². The van der Waals surface area contributed by atoms with Crippen LogP contribution in [0.15, 0.2) is 35.3 Å². The number of rotatable bonds is 7. The minimum Gasteiger partial charge on any atom is -0.357 e. The van der Waals surface area contributed by atoms with E-state index in [1.165, 1.54) is 5.56 Å². The van der Waals surface area contributed by atoms with Crippen LogP contribution in [0.3, 0.4) is 0 Å². The molecule has 0 aliphatic rings. The average Bonchev–Trinajstić information content (AvgIpc) is 2.51. The number of benzene rings is 1. The summed E-state index contributed by atoms with van der Waals surface area (Å²) in [7, 11) is 1.81. The Balaban J connectivity index is 2.78. The second-order valence-corrected chi connectivity index (χ2v) is 4.63. The third-order valence-corrected chi connectivity index (χ3v) is 3.47. The zero-order valence-electron chi connectivity index (χ0n) is 13.2. The summed E-state index contributed by atoms with van der Waals surface area (Å²) in [4.78, 5) is 6.69. The van der Waals surface area contributed by atoms with Gasteiger partial charge in [-0.2, -0.15) is 0 Å². The predicted molar refractivity (Wildman–Crippen MR) is 87.1 cm³/mol. The van der Waals surface area contributed by atoms with Gasteiger partial charge in [-0.05, 0) is 25.6 Å². The number of aliphatic imine (C=N–C) groups is 1. The molecule has 0 aromatic heterocycles. The lowest BCUT2D eigenvalue weighted by Gasteiger charge is -2.30. The maximum absolute atomic E-state index is 4.23. The SMILES string of the molecule is CCNC(=NC)NCC(c1ccccc1)N(CC)CC. The van der Waals surface area contributed by atoms with E-state index in [0.717, 1.165) is 32.1 Å². The van der Waals surface area contributed by atoms with Crippen molar-refractivity contribution in [2.45, 2.75) is 26.8 Å². The van der Waals surface area contributed by atoms with E-state index < -0.39 is 0 Å². The molecule has 20 heavy (non-hydrogen) atoms. The standard InChI is InChI=1S/C16H28N4/c1-5-18-16(17-4)19-13-15(20(6-2)7-3)14-11-9-8-10-12-14/h8-12,15H,5-7,13H2,1-4H3,(H2,17,18,19). The van der Waals surface area contributed by atoms with E-state index in [1.807, 2.05) is 0 Å². The molecule has 4 nitrogen and oxygen atoms in total. The van der Waals surface area contributed by atoms with Crippen molar-refractivity contribution in [3.05, 3.63) is 35.9 Å². The zero-order chi connectivity index (χ0) is 14.8. The Hall–Kier alpha value is -1.55. The molecule has 1 unspecified atom stereocenters. The summed E-state index contributed by atoms with van der Waals surface area (Å²) in [6.45, 7) is 10.3. The Morgan fingerprint density at radius 3 is 2.25 bits per heavy atom. The van der Waals surface area contributed by atoms with Crippen molar-refractivity contribution in [2.75, 3.05) is 33.2 Å². The van der Waals surface area contributed by atoms with Gasteiger partial charge in [0, 0.05) is 20.1 Å². The van der Waals surface area contributed by atoms with Crippen molar-refractivity contribution in [3.8, 4) is 0 Å². The van der Waals surface area contributed by atoms with Crippen molar-refractivity contribution in [3.63, 3.8) is 0 Å². The number of likely N-dealkylation sites (N-methyl/N-ethyl adjacent to an activating group) is 1. The van der Waals surface area contributed by atoms with Crippen LogP contribution in [0.25, 0.3) is 0 Å². The fourth-order valence-electron chi connectivity index (χ4n) is 2.38. The Morgan fingerprint density at radius 2 is 1.75 bits per heavy atom. The molecule has 0 heterocycles. The zero-order valence-corrected chi connectivity index (χ0v) is 13.2. The molecule has 2 N–H and O–H groups in total. The van der Waals surface area contributed by atoms with Gasteiger partial charge in [-0.15, -0.1) is 0 Å². The molecule has 0 spiro atoms. The van der Waals surface area contributed by atoms with Gasteiger partial charge in [0.15, 0.2) is 5.96 Å². The summed E-state index contributed by atoms with van der Waals surface area (Å²) in [6.07, 6.45) is 0. The van der Waals surface area contributed by atoms with E-state index in [1.54, 1.807) is 7.05 Å². The number of guanidine groups is 1. The summed E-state index contributed by atoms with van der Waals surface area (Å²) in [5.74, 6) is 0.862. The van der Waals surface area contributed by atoms with Gasteiger partial charge in [0.2, 0.25) is 0 Å². The molecule has 0 aliphatic carbocycles. The lowest BCUT2D eigenvalue weighted by atomic mass is 10.1. The monoisotopic (exact) mass is 276 g/mol. The molecular formula is C16H28N4. The van der Waals surface area contributed by atoms with Gasteiger partial charge in [-0.25, -0.2) is 0 Å². The van der Waals surface area contributed by atoms with Crippen molar-refractivity contribution >= 4 is 5.96 Å². The van der Waals surface area contributed by atoms with E-state index in [-0.39, 0.29) is 0 Å². The molecule has 4 heteroatoms. The molecule has 0 aliphatic heterocycles. The normalized spacial score (nSPS) is 13.3. The summed E-state index contributed by atoms with van der Waals surface area (Å²) in [6, 6.07) is 11.0. The maximum Gasteiger partial charge on any atom is 0.191 e. The first-order valence-electron chi connectivity index (χ1n) is 7.50. The van der Waals surface area contributed by atoms with Crippen LogP contribution in [-0.2, 0) is 0 Å². The molecule has 0 fully saturated rings. The third kappa shape index (κ3) is 4.85. The molecule has 0 radical (unpaired) electrons. The molecule has 0 saturated carbocycles. The molecule has 0 amide bonds. The van der Waals surface area contributed by atoms with E-state index in [0.29, 0.717) is 6.04 Å². The van der Waals surface area contributed by atoms with Gasteiger partial charge in [0.25, 0.3) is 0 Å². The van der Waals surface area contributed by atoms with Gasteiger partial charge in [0.1, 0.15) is 0 Å². The largest absolute Gasteiger partial charge is 0.357 e. The van der Waals surface area contributed by atoms with E-state index in [4.69, 9.17) is 0 Å². The molecule has 0 saturated heterocycles. The van der Waals surface area contributed by atoms with E-state index in [2.05, 4.69) is 71.6 Å². The first-order valence-corrected chi connectivity index (χ1v) is 7.50. The summed E-state index contributed by atoms with van der Waals surface area (Å²) < 4.78 is 0. The molecule has 1 rings (SSSR count). The lowest BCUT2D eigenvalue weighted by molar-refractivity contribution is 0.219. The van der Waals surface area contributed by atoms with Crippen LogP contribution in [0.2, 0.25) is 0 Å². The molecule has 0 bridgehead atoms. The highest BCUT2D eigenvalue weighted by molar-refractivity contribution is 5.79. The average molecular weight is 276 g/mol. The quantitative estimate of drug-likeness (QED) is 0.593. The number of hydrogen-bond donors (Lipinski definition) is 2. The summed E-state index contributed by atoms with van der Waals surface area (Å²) in [5, 5.41) is 6.65. The fraction of sp³-hybridized carbons (Fsp3) is 0.562. The van der Waals surface area contributed by atoms with Gasteiger partial charge in [-0.1, -0.05) is 44.2 Å². The second kappa shape index (κ2) is 9.37. The van der Waals surface area contributed by atoms with Crippen molar-refractivity contribution in [1.82, 2.24) is 15.5 Å². The number of hydrogen-bond acceptors (Lipinski definition) is 2. The maximum atomic E-state index is 4.23. The minimum atomic E-state index is 0.363. The van der Waals surface area contributed by atoms with Crippen LogP contribution in [-0.4, -0.2) is 44.1 Å². The van der Waals surface area contributed by atoms with Crippen molar-refractivity contribution < 1.29 is 0 Å². The van der Waals surface area contributed by atoms with Crippen LogP contribution < -0.4 is 10.6 Å². The summed E-state index contributed by atoms with van der Waals surface area (Å²) >= 11 is 0. The highest BCUT2D eigenvalue weighted by Gasteiger charge is 2.17. The first-order chi connectivity index (χ1) is 9.76. The summed E-state index contributed by atoms with van der Waals surface area (Å²) in [5.41, 5.74) is 1.34. The highest BCUT2D eigenvalue weighted by Crippen LogP contribution is 2.19. The van der Waals surface area contributed by atoms with Crippen molar-refractivity contribution in [2.24, 2.45) is 4.99 Å². The molecule has 1 aromatic carbocycles. The van der Waals surface area contributed by atoms with Crippen LogP contribution in [0.5, 0.6) is 0 Å². The second-order valence-electron chi connectivity index (χ2n) is 4.63. The van der Waals surface area contributed by atoms with Crippen LogP contribution >= 0.6 is 0 Å². The van der Waals surface area contributed by atoms with Gasteiger partial charge >= 0.3 is 0 Å². The fourth-order valence-corrected chi connectivity index (χ4v) is 2.38. The lowest BCUT2D eigenvalue weighted by Crippen LogP contribution is -2.43. The smallest absolute Gasteiger partial charge is 0.191 e. The van der Waals surface area contributed by atoms with Crippen LogP contribution in [0.4, 0.5) is 0 Å². The Bertz CT molecular complexity index is 385. The third-order valence-electron chi connectivity index (χ3n) is 3.47. The number of nitrogens with one attached hydrogen (secondary N) is 2. The van der Waals surface area contributed by atoms with Crippen LogP contribution in [0, 0.1) is 0 Å². The molecule has 1 atom stereocenters. The topological polar surface area (TPSA) is 39.7 Å². The first kappa shape index (κ1) is 16.5. The number of nitrogens with zero attached hydrogens (tertiary/aromatic N) is 2. The van der Waals surface area contributed by atoms with Gasteiger partial charge in [0.05, 0.1) is 6.04 Å². The van der Waals surface area contributed by atoms with Gasteiger partial charge < -0.3 is 10.6 Å². The molecule has 112 valence electrons. The minimum absolute atomic E-state index is 0.363. The molecular weight excluding hydrogens is 248 g/mol. The highest BCUT2D eigenvalue weighted by atomic mass is 15.2. The Kier molecular flexibility index (Phi) is 7.73. The molecule has 1 aromatic rings. The Labute approximate surface area is 123 Å². The predicted octanol–water partition coefficient (Wildman–Crippen LogP) is 2.25. The van der Waals surface area contributed by atoms with E-state index in [9.17, 15) is 0 Å². The van der Waals surface area contributed by atoms with Crippen LogP contribution in [0.1, 0.15) is 32.4 Å². The van der Waals surface area contributed by atoms with Gasteiger partial charge in [-0.3, -0.25) is 9.89 Å².